The van der Waals surface area contributed by atoms with E-state index in [9.17, 15) is 9.59 Å². The highest BCUT2D eigenvalue weighted by Gasteiger charge is 2.28. The van der Waals surface area contributed by atoms with E-state index in [0.717, 1.165) is 25.7 Å². The summed E-state index contributed by atoms with van der Waals surface area (Å²) in [5.41, 5.74) is 0. The summed E-state index contributed by atoms with van der Waals surface area (Å²) in [6, 6.07) is -0.548. The molecular formula is C14H25NO3. The van der Waals surface area contributed by atoms with Gasteiger partial charge in [-0.3, -0.25) is 4.79 Å². The molecule has 0 saturated heterocycles. The Morgan fingerprint density at radius 1 is 1.22 bits per heavy atom. The van der Waals surface area contributed by atoms with E-state index in [4.69, 9.17) is 4.74 Å². The van der Waals surface area contributed by atoms with Crippen molar-refractivity contribution in [1.29, 1.82) is 0 Å². The third kappa shape index (κ3) is 4.67. The van der Waals surface area contributed by atoms with Crippen LogP contribution in [0.25, 0.3) is 0 Å². The summed E-state index contributed by atoms with van der Waals surface area (Å²) in [5, 5.41) is 2.73. The Morgan fingerprint density at radius 3 is 2.28 bits per heavy atom. The molecule has 18 heavy (non-hydrogen) atoms. The molecule has 2 unspecified atom stereocenters. The number of amides is 1. The van der Waals surface area contributed by atoms with Crippen LogP contribution >= 0.6 is 0 Å². The van der Waals surface area contributed by atoms with E-state index in [1.165, 1.54) is 0 Å². The van der Waals surface area contributed by atoms with Gasteiger partial charge < -0.3 is 10.1 Å². The van der Waals surface area contributed by atoms with Gasteiger partial charge in [0.2, 0.25) is 5.91 Å². The second kappa shape index (κ2) is 6.76. The van der Waals surface area contributed by atoms with Gasteiger partial charge in [0.1, 0.15) is 6.04 Å². The van der Waals surface area contributed by atoms with E-state index in [-0.39, 0.29) is 23.9 Å². The molecule has 0 radical (unpaired) electrons. The summed E-state index contributed by atoms with van der Waals surface area (Å²) in [4.78, 5) is 23.4. The van der Waals surface area contributed by atoms with E-state index >= 15 is 0 Å². The number of nitrogens with one attached hydrogen (secondary N) is 1. The van der Waals surface area contributed by atoms with Crippen LogP contribution in [0.4, 0.5) is 0 Å². The Kier molecular flexibility index (Phi) is 5.63. The average molecular weight is 255 g/mol. The van der Waals surface area contributed by atoms with Gasteiger partial charge in [0.05, 0.1) is 6.10 Å². The number of rotatable bonds is 6. The van der Waals surface area contributed by atoms with Gasteiger partial charge in [-0.15, -0.1) is 0 Å². The van der Waals surface area contributed by atoms with Crippen LogP contribution in [-0.2, 0) is 14.3 Å². The highest BCUT2D eigenvalue weighted by molar-refractivity contribution is 5.85. The molecule has 1 fully saturated rings. The summed E-state index contributed by atoms with van der Waals surface area (Å²) < 4.78 is 5.30. The zero-order valence-corrected chi connectivity index (χ0v) is 11.9. The van der Waals surface area contributed by atoms with E-state index in [1.54, 1.807) is 6.92 Å². The SMILES string of the molecule is CC(C)CC(C)OC(=O)C(C)NC(=O)C1CCC1. The van der Waals surface area contributed by atoms with Crippen LogP contribution in [0.15, 0.2) is 0 Å². The summed E-state index contributed by atoms with van der Waals surface area (Å²) >= 11 is 0. The van der Waals surface area contributed by atoms with Crippen LogP contribution in [-0.4, -0.2) is 24.0 Å². The quantitative estimate of drug-likeness (QED) is 0.741. The van der Waals surface area contributed by atoms with Crippen molar-refractivity contribution in [2.45, 2.75) is 65.5 Å². The smallest absolute Gasteiger partial charge is 0.328 e. The molecule has 2 atom stereocenters. The maximum absolute atomic E-state index is 11.8. The summed E-state index contributed by atoms with van der Waals surface area (Å²) in [6.45, 7) is 7.75. The van der Waals surface area contributed by atoms with Crippen molar-refractivity contribution in [2.75, 3.05) is 0 Å². The molecule has 0 spiro atoms. The predicted octanol–water partition coefficient (Wildman–Crippen LogP) is 2.27. The van der Waals surface area contributed by atoms with Gasteiger partial charge in [-0.05, 0) is 39.0 Å². The minimum Gasteiger partial charge on any atom is -0.461 e. The van der Waals surface area contributed by atoms with Crippen molar-refractivity contribution in [3.63, 3.8) is 0 Å². The van der Waals surface area contributed by atoms with Crippen LogP contribution in [0.5, 0.6) is 0 Å². The van der Waals surface area contributed by atoms with Crippen molar-refractivity contribution in [3.8, 4) is 0 Å². The van der Waals surface area contributed by atoms with E-state index in [2.05, 4.69) is 19.2 Å². The highest BCUT2D eigenvalue weighted by Crippen LogP contribution is 2.26. The summed E-state index contributed by atoms with van der Waals surface area (Å²) in [6.07, 6.45) is 3.74. The molecule has 0 heterocycles. The Labute approximate surface area is 109 Å². The van der Waals surface area contributed by atoms with Gasteiger partial charge in [-0.25, -0.2) is 4.79 Å². The van der Waals surface area contributed by atoms with Crippen LogP contribution in [0.2, 0.25) is 0 Å². The van der Waals surface area contributed by atoms with Crippen molar-refractivity contribution in [3.05, 3.63) is 0 Å². The lowest BCUT2D eigenvalue weighted by Gasteiger charge is -2.26. The zero-order valence-electron chi connectivity index (χ0n) is 11.9. The van der Waals surface area contributed by atoms with E-state index < -0.39 is 6.04 Å². The maximum Gasteiger partial charge on any atom is 0.328 e. The molecule has 104 valence electrons. The van der Waals surface area contributed by atoms with Crippen LogP contribution < -0.4 is 5.32 Å². The van der Waals surface area contributed by atoms with Crippen LogP contribution in [0, 0.1) is 11.8 Å². The first kappa shape index (κ1) is 15.0. The van der Waals surface area contributed by atoms with E-state index in [0.29, 0.717) is 5.92 Å². The topological polar surface area (TPSA) is 55.4 Å². The Balaban J connectivity index is 2.29. The van der Waals surface area contributed by atoms with Crippen molar-refractivity contribution in [1.82, 2.24) is 5.32 Å². The molecule has 0 bridgehead atoms. The second-order valence-corrected chi connectivity index (χ2v) is 5.74. The molecule has 1 amide bonds. The minimum atomic E-state index is -0.548. The van der Waals surface area contributed by atoms with Crippen molar-refractivity contribution < 1.29 is 14.3 Å². The van der Waals surface area contributed by atoms with Crippen molar-refractivity contribution >= 4 is 11.9 Å². The number of carbonyl (C=O) groups is 2. The second-order valence-electron chi connectivity index (χ2n) is 5.74. The fourth-order valence-electron chi connectivity index (χ4n) is 2.07. The molecule has 1 N–H and O–H groups in total. The third-order valence-electron chi connectivity index (χ3n) is 3.31. The lowest BCUT2D eigenvalue weighted by Crippen LogP contribution is -2.44. The fraction of sp³-hybridized carbons (Fsp3) is 0.857. The first-order valence-corrected chi connectivity index (χ1v) is 6.91. The Hall–Kier alpha value is -1.06. The Bertz CT molecular complexity index is 297. The average Bonchev–Trinajstić information content (AvgIpc) is 2.12. The molecule has 0 aromatic carbocycles. The maximum atomic E-state index is 11.8. The molecule has 0 aromatic heterocycles. The number of ether oxygens (including phenoxy) is 1. The number of esters is 1. The number of carbonyl (C=O) groups excluding carboxylic acids is 2. The number of hydrogen-bond acceptors (Lipinski definition) is 3. The summed E-state index contributed by atoms with van der Waals surface area (Å²) in [5.74, 6) is 0.249. The number of hydrogen-bond donors (Lipinski definition) is 1. The summed E-state index contributed by atoms with van der Waals surface area (Å²) in [7, 11) is 0. The molecule has 1 aliphatic rings. The molecule has 0 aromatic rings. The van der Waals surface area contributed by atoms with Crippen molar-refractivity contribution in [2.24, 2.45) is 11.8 Å². The Morgan fingerprint density at radius 2 is 1.83 bits per heavy atom. The molecule has 1 saturated carbocycles. The van der Waals surface area contributed by atoms with E-state index in [1.807, 2.05) is 6.92 Å². The minimum absolute atomic E-state index is 0.0118. The first-order valence-electron chi connectivity index (χ1n) is 6.91. The highest BCUT2D eigenvalue weighted by atomic mass is 16.5. The first-order chi connectivity index (χ1) is 8.40. The monoisotopic (exact) mass is 255 g/mol. The van der Waals surface area contributed by atoms with Gasteiger partial charge in [0, 0.05) is 5.92 Å². The largest absolute Gasteiger partial charge is 0.461 e. The third-order valence-corrected chi connectivity index (χ3v) is 3.31. The van der Waals surface area contributed by atoms with Gasteiger partial charge >= 0.3 is 5.97 Å². The molecule has 4 heteroatoms. The molecular weight excluding hydrogens is 230 g/mol. The van der Waals surface area contributed by atoms with Crippen LogP contribution in [0.1, 0.15) is 53.4 Å². The standard InChI is InChI=1S/C14H25NO3/c1-9(2)8-10(3)18-14(17)11(4)15-13(16)12-6-5-7-12/h9-12H,5-8H2,1-4H3,(H,15,16). The molecule has 1 aliphatic carbocycles. The predicted molar refractivity (Wildman–Crippen MR) is 70.0 cm³/mol. The fourth-order valence-corrected chi connectivity index (χ4v) is 2.07. The zero-order chi connectivity index (χ0) is 13.7. The molecule has 4 nitrogen and oxygen atoms in total. The van der Waals surface area contributed by atoms with Gasteiger partial charge in [0.15, 0.2) is 0 Å². The molecule has 0 aliphatic heterocycles. The lowest BCUT2D eigenvalue weighted by atomic mass is 9.84. The van der Waals surface area contributed by atoms with Gasteiger partial charge in [-0.2, -0.15) is 0 Å². The van der Waals surface area contributed by atoms with Crippen LogP contribution in [0.3, 0.4) is 0 Å². The normalized spacial score (nSPS) is 18.9. The lowest BCUT2D eigenvalue weighted by molar-refractivity contribution is -0.152. The van der Waals surface area contributed by atoms with Gasteiger partial charge in [0.25, 0.3) is 0 Å². The van der Waals surface area contributed by atoms with Gasteiger partial charge in [-0.1, -0.05) is 20.3 Å². The molecule has 1 rings (SSSR count).